The first kappa shape index (κ1) is 15.9. The second-order valence-electron chi connectivity index (χ2n) is 5.18. The molecule has 0 saturated heterocycles. The fourth-order valence-corrected chi connectivity index (χ4v) is 1.30. The molecule has 1 aromatic carbocycles. The Balaban J connectivity index is 2.62. The van der Waals surface area contributed by atoms with Gasteiger partial charge in [-0.25, -0.2) is 5.43 Å². The highest BCUT2D eigenvalue weighted by Gasteiger charge is 2.08. The molecule has 1 rings (SSSR count). The molecule has 1 aromatic rings. The molecule has 0 atom stereocenters. The summed E-state index contributed by atoms with van der Waals surface area (Å²) in [7, 11) is 0. The number of carbonyl (C=O) groups is 2. The van der Waals surface area contributed by atoms with Crippen molar-refractivity contribution in [2.45, 2.75) is 27.7 Å². The van der Waals surface area contributed by atoms with Crippen LogP contribution in [-0.2, 0) is 4.79 Å². The van der Waals surface area contributed by atoms with Crippen molar-refractivity contribution in [3.8, 4) is 0 Å². The molecule has 0 aliphatic heterocycles. The second kappa shape index (κ2) is 7.43. The van der Waals surface area contributed by atoms with Gasteiger partial charge in [0.15, 0.2) is 0 Å². The third-order valence-electron chi connectivity index (χ3n) is 2.48. The van der Waals surface area contributed by atoms with Crippen LogP contribution < -0.4 is 10.7 Å². The number of carbonyl (C=O) groups excluding carboxylic acids is 2. The van der Waals surface area contributed by atoms with Crippen molar-refractivity contribution in [1.82, 2.24) is 5.43 Å². The lowest BCUT2D eigenvalue weighted by molar-refractivity contribution is -0.118. The Kier molecular flexibility index (Phi) is 5.90. The van der Waals surface area contributed by atoms with Crippen LogP contribution in [0, 0.1) is 11.8 Å². The van der Waals surface area contributed by atoms with Gasteiger partial charge in [-0.1, -0.05) is 27.7 Å². The predicted molar refractivity (Wildman–Crippen MR) is 80.7 cm³/mol. The lowest BCUT2D eigenvalue weighted by atomic mass is 10.1. The minimum Gasteiger partial charge on any atom is -0.326 e. The van der Waals surface area contributed by atoms with E-state index in [0.29, 0.717) is 11.3 Å². The molecule has 0 bridgehead atoms. The van der Waals surface area contributed by atoms with Gasteiger partial charge in [0.1, 0.15) is 0 Å². The van der Waals surface area contributed by atoms with Gasteiger partial charge in [0.25, 0.3) is 5.91 Å². The predicted octanol–water partition coefficient (Wildman–Crippen LogP) is 2.65. The minimum absolute atomic E-state index is 0.0521. The van der Waals surface area contributed by atoms with Crippen LogP contribution in [0.2, 0.25) is 0 Å². The van der Waals surface area contributed by atoms with Crippen LogP contribution in [0.1, 0.15) is 38.1 Å². The topological polar surface area (TPSA) is 70.6 Å². The number of nitrogens with one attached hydrogen (secondary N) is 2. The van der Waals surface area contributed by atoms with Gasteiger partial charge in [0.2, 0.25) is 5.91 Å². The van der Waals surface area contributed by atoms with Gasteiger partial charge >= 0.3 is 0 Å². The summed E-state index contributed by atoms with van der Waals surface area (Å²) < 4.78 is 0. The third kappa shape index (κ3) is 5.22. The summed E-state index contributed by atoms with van der Waals surface area (Å²) in [5.41, 5.74) is 3.62. The fourth-order valence-electron chi connectivity index (χ4n) is 1.30. The molecule has 108 valence electrons. The summed E-state index contributed by atoms with van der Waals surface area (Å²) in [4.78, 5) is 23.3. The van der Waals surface area contributed by atoms with Crippen molar-refractivity contribution in [3.63, 3.8) is 0 Å². The highest BCUT2D eigenvalue weighted by Crippen LogP contribution is 2.11. The van der Waals surface area contributed by atoms with Gasteiger partial charge in [-0.05, 0) is 30.2 Å². The Morgan fingerprint density at radius 1 is 1.10 bits per heavy atom. The number of hydrogen-bond donors (Lipinski definition) is 2. The first-order chi connectivity index (χ1) is 9.40. The molecule has 2 N–H and O–H groups in total. The maximum atomic E-state index is 11.8. The monoisotopic (exact) mass is 275 g/mol. The molecule has 0 heterocycles. The van der Waals surface area contributed by atoms with Gasteiger partial charge in [-0.2, -0.15) is 5.10 Å². The van der Waals surface area contributed by atoms with Crippen LogP contribution in [-0.4, -0.2) is 18.0 Å². The molecule has 20 heavy (non-hydrogen) atoms. The SMILES string of the molecule is CC(C)/C=N/NC(=O)c1ccc(NC(=O)C(C)C)cc1. The number of hydrogen-bond acceptors (Lipinski definition) is 3. The lowest BCUT2D eigenvalue weighted by Crippen LogP contribution is -2.19. The van der Waals surface area contributed by atoms with Crippen molar-refractivity contribution in [1.29, 1.82) is 0 Å². The number of amides is 2. The van der Waals surface area contributed by atoms with Crippen LogP contribution in [0.25, 0.3) is 0 Å². The largest absolute Gasteiger partial charge is 0.326 e. The van der Waals surface area contributed by atoms with Gasteiger partial charge in [-0.3, -0.25) is 9.59 Å². The maximum Gasteiger partial charge on any atom is 0.271 e. The quantitative estimate of drug-likeness (QED) is 0.640. The molecule has 0 radical (unpaired) electrons. The molecular formula is C15H21N3O2. The van der Waals surface area contributed by atoms with E-state index in [1.54, 1.807) is 30.5 Å². The van der Waals surface area contributed by atoms with Crippen LogP contribution in [0.15, 0.2) is 29.4 Å². The van der Waals surface area contributed by atoms with Gasteiger partial charge < -0.3 is 5.32 Å². The van der Waals surface area contributed by atoms with Crippen LogP contribution in [0.4, 0.5) is 5.69 Å². The Morgan fingerprint density at radius 2 is 1.70 bits per heavy atom. The molecular weight excluding hydrogens is 254 g/mol. The average molecular weight is 275 g/mol. The van der Waals surface area contributed by atoms with Crippen LogP contribution in [0.3, 0.4) is 0 Å². The number of benzene rings is 1. The summed E-state index contributed by atoms with van der Waals surface area (Å²) in [5.74, 6) is -0.125. The van der Waals surface area contributed by atoms with E-state index < -0.39 is 0 Å². The molecule has 0 aliphatic rings. The zero-order valence-electron chi connectivity index (χ0n) is 12.3. The van der Waals surface area contributed by atoms with Crippen molar-refractivity contribution < 1.29 is 9.59 Å². The van der Waals surface area contributed by atoms with Crippen molar-refractivity contribution in [2.75, 3.05) is 5.32 Å². The van der Waals surface area contributed by atoms with Crippen molar-refractivity contribution in [2.24, 2.45) is 16.9 Å². The van der Waals surface area contributed by atoms with E-state index in [9.17, 15) is 9.59 Å². The first-order valence-electron chi connectivity index (χ1n) is 6.64. The molecule has 5 nitrogen and oxygen atoms in total. The summed E-state index contributed by atoms with van der Waals surface area (Å²) in [6.07, 6.45) is 1.66. The average Bonchev–Trinajstić information content (AvgIpc) is 2.38. The smallest absolute Gasteiger partial charge is 0.271 e. The van der Waals surface area contributed by atoms with E-state index in [1.807, 2.05) is 27.7 Å². The molecule has 2 amide bonds. The number of anilines is 1. The number of nitrogens with zero attached hydrogens (tertiary/aromatic N) is 1. The molecule has 0 aromatic heterocycles. The standard InChI is InChI=1S/C15H21N3O2/c1-10(2)9-16-18-15(20)12-5-7-13(8-6-12)17-14(19)11(3)4/h5-11H,1-4H3,(H,17,19)(H,18,20)/b16-9+. The van der Waals surface area contributed by atoms with Gasteiger partial charge in [0, 0.05) is 23.4 Å². The number of hydrazone groups is 1. The van der Waals surface area contributed by atoms with E-state index in [0.717, 1.165) is 0 Å². The molecule has 0 saturated carbocycles. The van der Waals surface area contributed by atoms with Gasteiger partial charge in [-0.15, -0.1) is 0 Å². The molecule has 5 heteroatoms. The minimum atomic E-state index is -0.274. The van der Waals surface area contributed by atoms with Crippen molar-refractivity contribution in [3.05, 3.63) is 29.8 Å². The normalized spacial score (nSPS) is 11.1. The van der Waals surface area contributed by atoms with E-state index in [1.165, 1.54) is 0 Å². The van der Waals surface area contributed by atoms with E-state index >= 15 is 0 Å². The Bertz CT molecular complexity index is 490. The van der Waals surface area contributed by atoms with E-state index in [-0.39, 0.29) is 23.7 Å². The molecule has 0 aliphatic carbocycles. The van der Waals surface area contributed by atoms with E-state index in [2.05, 4.69) is 15.8 Å². The highest BCUT2D eigenvalue weighted by atomic mass is 16.2. The molecule has 0 spiro atoms. The first-order valence-corrected chi connectivity index (χ1v) is 6.64. The van der Waals surface area contributed by atoms with Crippen LogP contribution in [0.5, 0.6) is 0 Å². The molecule has 0 unspecified atom stereocenters. The molecule has 0 fully saturated rings. The van der Waals surface area contributed by atoms with Crippen molar-refractivity contribution >= 4 is 23.7 Å². The van der Waals surface area contributed by atoms with Gasteiger partial charge in [0.05, 0.1) is 0 Å². The lowest BCUT2D eigenvalue weighted by Gasteiger charge is -2.08. The highest BCUT2D eigenvalue weighted by molar-refractivity contribution is 5.96. The third-order valence-corrected chi connectivity index (χ3v) is 2.48. The van der Waals surface area contributed by atoms with Crippen LogP contribution >= 0.6 is 0 Å². The summed E-state index contributed by atoms with van der Waals surface area (Å²) >= 11 is 0. The summed E-state index contributed by atoms with van der Waals surface area (Å²) in [6.45, 7) is 7.59. The Hall–Kier alpha value is -2.17. The summed E-state index contributed by atoms with van der Waals surface area (Å²) in [6, 6.07) is 6.69. The fraction of sp³-hybridized carbons (Fsp3) is 0.400. The second-order valence-corrected chi connectivity index (χ2v) is 5.18. The zero-order chi connectivity index (χ0) is 15.1. The number of rotatable bonds is 5. The van der Waals surface area contributed by atoms with E-state index in [4.69, 9.17) is 0 Å². The summed E-state index contributed by atoms with van der Waals surface area (Å²) in [5, 5.41) is 6.61. The maximum absolute atomic E-state index is 11.8. The Morgan fingerprint density at radius 3 is 2.20 bits per heavy atom. The zero-order valence-corrected chi connectivity index (χ0v) is 12.3. The Labute approximate surface area is 119 Å².